The van der Waals surface area contributed by atoms with Crippen molar-refractivity contribution in [2.45, 2.75) is 32.7 Å². The first kappa shape index (κ1) is 15.7. The van der Waals surface area contributed by atoms with E-state index >= 15 is 0 Å². The molecule has 1 aliphatic rings. The lowest BCUT2D eigenvalue weighted by molar-refractivity contribution is -0.123. The summed E-state index contributed by atoms with van der Waals surface area (Å²) in [5.74, 6) is -0.314. The van der Waals surface area contributed by atoms with Gasteiger partial charge in [-0.15, -0.1) is 0 Å². The molecule has 1 aromatic heterocycles. The maximum Gasteiger partial charge on any atom is 0.221 e. The van der Waals surface area contributed by atoms with E-state index in [-0.39, 0.29) is 23.7 Å². The number of H-pyrrole nitrogens is 1. The number of aromatic amines is 1. The number of carbonyl (C=O) groups is 2. The average molecular weight is 313 g/mol. The summed E-state index contributed by atoms with van der Waals surface area (Å²) >= 11 is 0. The maximum atomic E-state index is 13.0. The lowest BCUT2D eigenvalue weighted by atomic mass is 9.94. The highest BCUT2D eigenvalue weighted by molar-refractivity contribution is 6.11. The molecule has 3 N–H and O–H groups in total. The third-order valence-electron chi connectivity index (χ3n) is 4.92. The Morgan fingerprint density at radius 3 is 2.83 bits per heavy atom. The standard InChI is InChI=1S/C18H23N3O2/c1-11-16(14-7-3-4-8-15(14)20-11)17(22)12(2)21-9-5-6-13(10-21)18(19)23/h3-4,7-8,12-13,20H,5-6,9-10H2,1-2H3,(H2,19,23)/t12-,13+/m1/s1. The number of aromatic nitrogens is 1. The quantitative estimate of drug-likeness (QED) is 0.850. The first-order valence-corrected chi connectivity index (χ1v) is 8.14. The number of likely N-dealkylation sites (tertiary alicyclic amines) is 1. The molecule has 0 unspecified atom stereocenters. The number of aryl methyl sites for hydroxylation is 1. The summed E-state index contributed by atoms with van der Waals surface area (Å²) in [5, 5.41) is 0.963. The van der Waals surface area contributed by atoms with Crippen LogP contribution in [0.1, 0.15) is 35.8 Å². The number of ketones is 1. The predicted octanol–water partition coefficient (Wildman–Crippen LogP) is 2.24. The lowest BCUT2D eigenvalue weighted by Crippen LogP contribution is -2.48. The van der Waals surface area contributed by atoms with Gasteiger partial charge in [0.2, 0.25) is 5.91 Å². The van der Waals surface area contributed by atoms with E-state index in [0.29, 0.717) is 6.54 Å². The molecule has 5 nitrogen and oxygen atoms in total. The van der Waals surface area contributed by atoms with Gasteiger partial charge in [-0.05, 0) is 39.3 Å². The molecule has 0 bridgehead atoms. The second-order valence-corrected chi connectivity index (χ2v) is 6.45. The third-order valence-corrected chi connectivity index (χ3v) is 4.92. The van der Waals surface area contributed by atoms with Gasteiger partial charge in [-0.2, -0.15) is 0 Å². The van der Waals surface area contributed by atoms with E-state index in [0.717, 1.165) is 41.5 Å². The summed E-state index contributed by atoms with van der Waals surface area (Å²) in [6.07, 6.45) is 1.72. The smallest absolute Gasteiger partial charge is 0.221 e. The summed E-state index contributed by atoms with van der Waals surface area (Å²) in [6, 6.07) is 7.60. The minimum atomic E-state index is -0.266. The molecule has 2 aromatic rings. The minimum absolute atomic E-state index is 0.102. The number of nitrogens with two attached hydrogens (primary N) is 1. The zero-order valence-electron chi connectivity index (χ0n) is 13.6. The Morgan fingerprint density at radius 2 is 2.09 bits per heavy atom. The number of para-hydroxylation sites is 1. The number of nitrogens with zero attached hydrogens (tertiary/aromatic N) is 1. The first-order valence-electron chi connectivity index (χ1n) is 8.14. The highest BCUT2D eigenvalue weighted by atomic mass is 16.1. The molecule has 2 heterocycles. The number of piperidine rings is 1. The van der Waals surface area contributed by atoms with Crippen molar-refractivity contribution >= 4 is 22.6 Å². The van der Waals surface area contributed by atoms with Crippen LogP contribution in [0.3, 0.4) is 0 Å². The van der Waals surface area contributed by atoms with Gasteiger partial charge >= 0.3 is 0 Å². The summed E-state index contributed by atoms with van der Waals surface area (Å²) in [7, 11) is 0. The van der Waals surface area contributed by atoms with Crippen molar-refractivity contribution < 1.29 is 9.59 Å². The number of fused-ring (bicyclic) bond motifs is 1. The molecule has 3 rings (SSSR count). The van der Waals surface area contributed by atoms with E-state index in [4.69, 9.17) is 5.73 Å². The number of benzene rings is 1. The zero-order valence-corrected chi connectivity index (χ0v) is 13.6. The molecule has 5 heteroatoms. The average Bonchev–Trinajstić information content (AvgIpc) is 2.89. The monoisotopic (exact) mass is 313 g/mol. The minimum Gasteiger partial charge on any atom is -0.369 e. The first-order chi connectivity index (χ1) is 11.0. The molecular formula is C18H23N3O2. The van der Waals surface area contributed by atoms with Gasteiger partial charge in [0.05, 0.1) is 12.0 Å². The zero-order chi connectivity index (χ0) is 16.6. The van der Waals surface area contributed by atoms with Crippen LogP contribution in [0.5, 0.6) is 0 Å². The second kappa shape index (κ2) is 6.16. The van der Waals surface area contributed by atoms with Crippen LogP contribution in [0.25, 0.3) is 10.9 Å². The van der Waals surface area contributed by atoms with Gasteiger partial charge in [0.25, 0.3) is 0 Å². The predicted molar refractivity (Wildman–Crippen MR) is 90.3 cm³/mol. The van der Waals surface area contributed by atoms with Gasteiger partial charge in [-0.1, -0.05) is 18.2 Å². The molecule has 122 valence electrons. The second-order valence-electron chi connectivity index (χ2n) is 6.45. The fourth-order valence-electron chi connectivity index (χ4n) is 3.56. The van der Waals surface area contributed by atoms with Crippen molar-refractivity contribution in [3.63, 3.8) is 0 Å². The number of hydrogen-bond donors (Lipinski definition) is 2. The lowest BCUT2D eigenvalue weighted by Gasteiger charge is -2.34. The Labute approximate surface area is 135 Å². The van der Waals surface area contributed by atoms with Crippen molar-refractivity contribution in [1.29, 1.82) is 0 Å². The number of carbonyl (C=O) groups excluding carboxylic acids is 2. The highest BCUT2D eigenvalue weighted by Gasteiger charge is 2.31. The molecule has 0 aliphatic carbocycles. The molecule has 1 aliphatic heterocycles. The highest BCUT2D eigenvalue weighted by Crippen LogP contribution is 2.26. The van der Waals surface area contributed by atoms with Gasteiger partial charge in [-0.25, -0.2) is 0 Å². The Balaban J connectivity index is 1.87. The van der Waals surface area contributed by atoms with Crippen LogP contribution in [0.4, 0.5) is 0 Å². The van der Waals surface area contributed by atoms with Gasteiger partial charge in [0.1, 0.15) is 0 Å². The molecular weight excluding hydrogens is 290 g/mol. The van der Waals surface area contributed by atoms with Crippen molar-refractivity contribution in [1.82, 2.24) is 9.88 Å². The molecule has 0 saturated carbocycles. The Hall–Kier alpha value is -2.14. The molecule has 23 heavy (non-hydrogen) atoms. The Morgan fingerprint density at radius 1 is 1.35 bits per heavy atom. The Bertz CT molecular complexity index is 750. The van der Waals surface area contributed by atoms with E-state index in [1.165, 1.54) is 0 Å². The molecule has 1 fully saturated rings. The van der Waals surface area contributed by atoms with Crippen LogP contribution in [-0.2, 0) is 4.79 Å². The number of rotatable bonds is 4. The van der Waals surface area contributed by atoms with E-state index in [1.807, 2.05) is 38.1 Å². The fourth-order valence-corrected chi connectivity index (χ4v) is 3.56. The van der Waals surface area contributed by atoms with Crippen molar-refractivity contribution in [3.05, 3.63) is 35.5 Å². The van der Waals surface area contributed by atoms with Crippen molar-refractivity contribution in [2.24, 2.45) is 11.7 Å². The van der Waals surface area contributed by atoms with Gasteiger partial charge in [0.15, 0.2) is 5.78 Å². The molecule has 0 radical (unpaired) electrons. The fraction of sp³-hybridized carbons (Fsp3) is 0.444. The molecule has 1 saturated heterocycles. The van der Waals surface area contributed by atoms with Crippen LogP contribution >= 0.6 is 0 Å². The number of primary amides is 1. The summed E-state index contributed by atoms with van der Waals surface area (Å²) < 4.78 is 0. The van der Waals surface area contributed by atoms with Crippen LogP contribution in [0.2, 0.25) is 0 Å². The summed E-state index contributed by atoms with van der Waals surface area (Å²) in [5.41, 5.74) is 8.08. The van der Waals surface area contributed by atoms with Crippen LogP contribution < -0.4 is 5.73 Å². The summed E-state index contributed by atoms with van der Waals surface area (Å²) in [4.78, 5) is 29.9. The normalized spacial score (nSPS) is 20.5. The van der Waals surface area contributed by atoms with E-state index < -0.39 is 0 Å². The Kier molecular flexibility index (Phi) is 4.22. The third kappa shape index (κ3) is 2.88. The van der Waals surface area contributed by atoms with Crippen LogP contribution in [-0.4, -0.2) is 40.7 Å². The molecule has 0 spiro atoms. The van der Waals surface area contributed by atoms with Gasteiger partial charge in [-0.3, -0.25) is 14.5 Å². The number of nitrogens with one attached hydrogen (secondary N) is 1. The maximum absolute atomic E-state index is 13.0. The summed E-state index contributed by atoms with van der Waals surface area (Å²) in [6.45, 7) is 5.26. The van der Waals surface area contributed by atoms with Gasteiger partial charge < -0.3 is 10.7 Å². The van der Waals surface area contributed by atoms with Crippen LogP contribution in [0.15, 0.2) is 24.3 Å². The molecule has 2 atom stereocenters. The number of Topliss-reactive ketones (excluding diaryl/α,β-unsaturated/α-hetero) is 1. The largest absolute Gasteiger partial charge is 0.369 e. The number of hydrogen-bond acceptors (Lipinski definition) is 3. The molecule has 1 aromatic carbocycles. The van der Waals surface area contributed by atoms with E-state index in [1.54, 1.807) is 0 Å². The van der Waals surface area contributed by atoms with Crippen molar-refractivity contribution in [3.8, 4) is 0 Å². The molecule has 1 amide bonds. The number of amides is 1. The SMILES string of the molecule is Cc1[nH]c2ccccc2c1C(=O)[C@@H](C)N1CCC[C@H](C(N)=O)C1. The van der Waals surface area contributed by atoms with E-state index in [9.17, 15) is 9.59 Å². The van der Waals surface area contributed by atoms with Crippen molar-refractivity contribution in [2.75, 3.05) is 13.1 Å². The van der Waals surface area contributed by atoms with Gasteiger partial charge in [0, 0.05) is 28.7 Å². The van der Waals surface area contributed by atoms with E-state index in [2.05, 4.69) is 9.88 Å². The van der Waals surface area contributed by atoms with Crippen LogP contribution in [0, 0.1) is 12.8 Å². The topological polar surface area (TPSA) is 79.2 Å².